The maximum atomic E-state index is 13.2. The third-order valence-electron chi connectivity index (χ3n) is 4.98. The summed E-state index contributed by atoms with van der Waals surface area (Å²) in [4.78, 5) is 25.3. The Labute approximate surface area is 180 Å². The SMILES string of the molecule is CC/C=C/C(=O)Nc1ccc2c(c1)c1nn(C)cc1c(=O)n2-c1ccc(C(F)(F)F)cc1. The molecule has 0 atom stereocenters. The molecule has 0 fully saturated rings. The standard InChI is InChI=1S/C23H19F3N4O2/c1-3-4-5-20(31)27-15-8-11-19-17(12-15)21-18(13-29(2)28-21)22(32)30(19)16-9-6-14(7-10-16)23(24,25)26/h4-13H,3H2,1-2H3,(H,27,31)/b5-4+. The predicted molar refractivity (Wildman–Crippen MR) is 117 cm³/mol. The summed E-state index contributed by atoms with van der Waals surface area (Å²) in [5.41, 5.74) is 0.502. The van der Waals surface area contributed by atoms with Crippen molar-refractivity contribution in [2.75, 3.05) is 5.32 Å². The Kier molecular flexibility index (Phi) is 5.33. The van der Waals surface area contributed by atoms with Crippen molar-refractivity contribution in [3.8, 4) is 5.69 Å². The minimum Gasteiger partial charge on any atom is -0.322 e. The molecule has 2 aromatic carbocycles. The van der Waals surface area contributed by atoms with E-state index in [1.165, 1.54) is 27.5 Å². The van der Waals surface area contributed by atoms with E-state index >= 15 is 0 Å². The number of fused-ring (bicyclic) bond motifs is 3. The summed E-state index contributed by atoms with van der Waals surface area (Å²) in [5.74, 6) is -0.292. The number of alkyl halides is 3. The van der Waals surface area contributed by atoms with E-state index in [2.05, 4.69) is 10.4 Å². The second-order valence-electron chi connectivity index (χ2n) is 7.28. The first-order chi connectivity index (χ1) is 15.2. The van der Waals surface area contributed by atoms with Crippen LogP contribution < -0.4 is 10.9 Å². The number of aromatic nitrogens is 3. The fourth-order valence-electron chi connectivity index (χ4n) is 3.54. The molecule has 0 spiro atoms. The Morgan fingerprint density at radius 1 is 1.12 bits per heavy atom. The van der Waals surface area contributed by atoms with Crippen LogP contribution in [0.5, 0.6) is 0 Å². The summed E-state index contributed by atoms with van der Waals surface area (Å²) in [7, 11) is 1.68. The van der Waals surface area contributed by atoms with Gasteiger partial charge in [-0.15, -0.1) is 0 Å². The molecule has 0 aliphatic carbocycles. The lowest BCUT2D eigenvalue weighted by molar-refractivity contribution is -0.137. The van der Waals surface area contributed by atoms with Crippen LogP contribution in [0.3, 0.4) is 0 Å². The van der Waals surface area contributed by atoms with Crippen LogP contribution in [0, 0.1) is 0 Å². The molecule has 0 saturated heterocycles. The average molecular weight is 440 g/mol. The number of hydrogen-bond donors (Lipinski definition) is 1. The fraction of sp³-hybridized carbons (Fsp3) is 0.174. The van der Waals surface area contributed by atoms with Crippen LogP contribution >= 0.6 is 0 Å². The second-order valence-corrected chi connectivity index (χ2v) is 7.28. The third kappa shape index (κ3) is 3.89. The van der Waals surface area contributed by atoms with Crippen molar-refractivity contribution >= 4 is 33.4 Å². The van der Waals surface area contributed by atoms with E-state index < -0.39 is 17.3 Å². The van der Waals surface area contributed by atoms with Gasteiger partial charge in [-0.25, -0.2) is 0 Å². The van der Waals surface area contributed by atoms with Crippen LogP contribution in [-0.4, -0.2) is 20.3 Å². The van der Waals surface area contributed by atoms with Crippen molar-refractivity contribution < 1.29 is 18.0 Å². The topological polar surface area (TPSA) is 68.9 Å². The second kappa shape index (κ2) is 7.99. The lowest BCUT2D eigenvalue weighted by Crippen LogP contribution is -2.19. The number of nitrogens with one attached hydrogen (secondary N) is 1. The molecule has 0 radical (unpaired) electrons. The Morgan fingerprint density at radius 2 is 1.84 bits per heavy atom. The van der Waals surface area contributed by atoms with Crippen LogP contribution in [0.15, 0.2) is 65.6 Å². The molecular formula is C23H19F3N4O2. The van der Waals surface area contributed by atoms with Gasteiger partial charge in [0.1, 0.15) is 5.52 Å². The zero-order valence-corrected chi connectivity index (χ0v) is 17.3. The van der Waals surface area contributed by atoms with Gasteiger partial charge in [-0.1, -0.05) is 13.0 Å². The summed E-state index contributed by atoms with van der Waals surface area (Å²) in [6.45, 7) is 1.91. The number of nitrogens with zero attached hydrogens (tertiary/aromatic N) is 3. The first-order valence-electron chi connectivity index (χ1n) is 9.86. The van der Waals surface area contributed by atoms with Crippen molar-refractivity contribution in [3.05, 3.63) is 76.7 Å². The highest BCUT2D eigenvalue weighted by Gasteiger charge is 2.30. The van der Waals surface area contributed by atoms with Crippen LogP contribution in [0.25, 0.3) is 27.5 Å². The zero-order chi connectivity index (χ0) is 23.0. The van der Waals surface area contributed by atoms with E-state index in [-0.39, 0.29) is 5.91 Å². The highest BCUT2D eigenvalue weighted by Crippen LogP contribution is 2.31. The molecule has 4 rings (SSSR count). The molecular weight excluding hydrogens is 421 g/mol. The summed E-state index contributed by atoms with van der Waals surface area (Å²) in [6.07, 6.45) is 0.976. The van der Waals surface area contributed by atoms with Gasteiger partial charge in [-0.05, 0) is 55.0 Å². The number of hydrogen-bond acceptors (Lipinski definition) is 3. The van der Waals surface area contributed by atoms with Gasteiger partial charge in [-0.3, -0.25) is 18.8 Å². The molecule has 0 saturated carbocycles. The molecule has 9 heteroatoms. The first-order valence-corrected chi connectivity index (χ1v) is 9.86. The van der Waals surface area contributed by atoms with E-state index in [0.717, 1.165) is 18.6 Å². The number of anilines is 1. The number of aryl methyl sites for hydroxylation is 1. The largest absolute Gasteiger partial charge is 0.416 e. The Morgan fingerprint density at radius 3 is 2.50 bits per heavy atom. The van der Waals surface area contributed by atoms with Crippen molar-refractivity contribution in [3.63, 3.8) is 0 Å². The van der Waals surface area contributed by atoms with Gasteiger partial charge < -0.3 is 5.32 Å². The molecule has 2 heterocycles. The molecule has 0 aliphatic rings. The number of pyridine rings is 1. The minimum absolute atomic E-state index is 0.292. The summed E-state index contributed by atoms with van der Waals surface area (Å²) in [5, 5.41) is 8.04. The van der Waals surface area contributed by atoms with E-state index in [1.54, 1.807) is 37.5 Å². The van der Waals surface area contributed by atoms with Crippen molar-refractivity contribution in [1.82, 2.24) is 14.3 Å². The minimum atomic E-state index is -4.47. The van der Waals surface area contributed by atoms with Gasteiger partial charge in [-0.2, -0.15) is 18.3 Å². The molecule has 1 N–H and O–H groups in total. The quantitative estimate of drug-likeness (QED) is 0.464. The van der Waals surface area contributed by atoms with Gasteiger partial charge in [0.2, 0.25) is 5.91 Å². The number of halogens is 3. The Hall–Kier alpha value is -3.88. The van der Waals surface area contributed by atoms with Crippen LogP contribution in [-0.2, 0) is 18.0 Å². The molecule has 0 aliphatic heterocycles. The van der Waals surface area contributed by atoms with E-state index in [0.29, 0.717) is 33.2 Å². The monoisotopic (exact) mass is 440 g/mol. The number of allylic oxidation sites excluding steroid dienone is 1. The molecule has 6 nitrogen and oxygen atoms in total. The number of benzene rings is 2. The lowest BCUT2D eigenvalue weighted by atomic mass is 10.1. The maximum Gasteiger partial charge on any atom is 0.416 e. The van der Waals surface area contributed by atoms with E-state index in [9.17, 15) is 22.8 Å². The third-order valence-corrected chi connectivity index (χ3v) is 4.98. The van der Waals surface area contributed by atoms with Crippen LogP contribution in [0.1, 0.15) is 18.9 Å². The highest BCUT2D eigenvalue weighted by atomic mass is 19.4. The predicted octanol–water partition coefficient (Wildman–Crippen LogP) is 4.80. The number of carbonyl (C=O) groups is 1. The van der Waals surface area contributed by atoms with Crippen molar-refractivity contribution in [2.24, 2.45) is 7.05 Å². The van der Waals surface area contributed by atoms with Crippen LogP contribution in [0.2, 0.25) is 0 Å². The Balaban J connectivity index is 1.92. The average Bonchev–Trinajstić information content (AvgIpc) is 3.15. The molecule has 32 heavy (non-hydrogen) atoms. The fourth-order valence-corrected chi connectivity index (χ4v) is 3.54. The first kappa shape index (κ1) is 21.4. The number of carbonyl (C=O) groups excluding carboxylic acids is 1. The molecule has 4 aromatic rings. The zero-order valence-electron chi connectivity index (χ0n) is 17.3. The van der Waals surface area contributed by atoms with Crippen molar-refractivity contribution in [1.29, 1.82) is 0 Å². The lowest BCUT2D eigenvalue weighted by Gasteiger charge is -2.14. The van der Waals surface area contributed by atoms with E-state index in [4.69, 9.17) is 0 Å². The maximum absolute atomic E-state index is 13.2. The molecule has 2 aromatic heterocycles. The van der Waals surface area contributed by atoms with Crippen LogP contribution in [0.4, 0.5) is 18.9 Å². The van der Waals surface area contributed by atoms with Gasteiger partial charge in [0.15, 0.2) is 0 Å². The summed E-state index contributed by atoms with van der Waals surface area (Å²) >= 11 is 0. The van der Waals surface area contributed by atoms with Gasteiger partial charge in [0.25, 0.3) is 5.56 Å². The number of rotatable bonds is 4. The molecule has 1 amide bonds. The molecule has 0 unspecified atom stereocenters. The summed E-state index contributed by atoms with van der Waals surface area (Å²) in [6, 6.07) is 9.37. The Bertz CT molecular complexity index is 1410. The molecule has 0 bridgehead atoms. The summed E-state index contributed by atoms with van der Waals surface area (Å²) < 4.78 is 41.8. The van der Waals surface area contributed by atoms with Gasteiger partial charge >= 0.3 is 6.18 Å². The normalized spacial score (nSPS) is 12.2. The van der Waals surface area contributed by atoms with Gasteiger partial charge in [0.05, 0.1) is 16.5 Å². The highest BCUT2D eigenvalue weighted by molar-refractivity contribution is 6.07. The smallest absolute Gasteiger partial charge is 0.322 e. The molecule has 164 valence electrons. The van der Waals surface area contributed by atoms with Gasteiger partial charge in [0, 0.05) is 30.0 Å². The van der Waals surface area contributed by atoms with Crippen molar-refractivity contribution in [2.45, 2.75) is 19.5 Å². The number of amides is 1. The van der Waals surface area contributed by atoms with E-state index in [1.807, 2.05) is 6.92 Å².